The van der Waals surface area contributed by atoms with Gasteiger partial charge in [0.1, 0.15) is 0 Å². The molecular formula is C17H20N2O4. The van der Waals surface area contributed by atoms with Crippen LogP contribution in [0.25, 0.3) is 0 Å². The number of amides is 2. The van der Waals surface area contributed by atoms with Gasteiger partial charge in [-0.3, -0.25) is 9.59 Å². The number of hydrogen-bond acceptors (Lipinski definition) is 4. The summed E-state index contributed by atoms with van der Waals surface area (Å²) < 4.78 is 10.0. The molecule has 0 spiro atoms. The summed E-state index contributed by atoms with van der Waals surface area (Å²) in [6.45, 7) is 1.28. The van der Waals surface area contributed by atoms with Crippen LogP contribution in [0, 0.1) is 0 Å². The van der Waals surface area contributed by atoms with E-state index in [9.17, 15) is 9.59 Å². The Morgan fingerprint density at radius 3 is 2.61 bits per heavy atom. The number of carbonyl (C=O) groups excluding carboxylic acids is 2. The minimum atomic E-state index is -0.408. The molecule has 1 N–H and O–H groups in total. The Kier molecular flexibility index (Phi) is 6.38. The van der Waals surface area contributed by atoms with E-state index < -0.39 is 5.91 Å². The maximum absolute atomic E-state index is 12.4. The average molecular weight is 316 g/mol. The molecule has 0 unspecified atom stereocenters. The summed E-state index contributed by atoms with van der Waals surface area (Å²) >= 11 is 0. The first-order chi connectivity index (χ1) is 11.2. The van der Waals surface area contributed by atoms with Gasteiger partial charge in [0, 0.05) is 20.2 Å². The Bertz CT molecular complexity index is 611. The second-order valence-electron chi connectivity index (χ2n) is 4.95. The molecule has 2 aromatic rings. The molecule has 2 rings (SSSR count). The largest absolute Gasteiger partial charge is 0.459 e. The van der Waals surface area contributed by atoms with Crippen LogP contribution in [0.15, 0.2) is 53.1 Å². The van der Waals surface area contributed by atoms with E-state index in [-0.39, 0.29) is 18.2 Å². The molecule has 23 heavy (non-hydrogen) atoms. The van der Waals surface area contributed by atoms with Crippen molar-refractivity contribution in [2.45, 2.75) is 6.54 Å². The quantitative estimate of drug-likeness (QED) is 0.804. The van der Waals surface area contributed by atoms with Crippen LogP contribution in [0.5, 0.6) is 0 Å². The van der Waals surface area contributed by atoms with Gasteiger partial charge in [0.05, 0.1) is 19.4 Å². The molecule has 6 nitrogen and oxygen atoms in total. The molecule has 1 heterocycles. The second-order valence-corrected chi connectivity index (χ2v) is 4.95. The zero-order valence-electron chi connectivity index (χ0n) is 13.0. The van der Waals surface area contributed by atoms with Gasteiger partial charge in [-0.05, 0) is 17.7 Å². The van der Waals surface area contributed by atoms with E-state index in [1.54, 1.807) is 24.1 Å². The van der Waals surface area contributed by atoms with Crippen molar-refractivity contribution in [3.05, 3.63) is 60.1 Å². The van der Waals surface area contributed by atoms with Crippen LogP contribution < -0.4 is 5.32 Å². The highest BCUT2D eigenvalue weighted by Gasteiger charge is 2.16. The lowest BCUT2D eigenvalue weighted by atomic mass is 10.2. The van der Waals surface area contributed by atoms with Crippen LogP contribution in [-0.4, -0.2) is 43.5 Å². The molecule has 0 aliphatic rings. The Hall–Kier alpha value is -2.60. The molecule has 1 aromatic carbocycles. The first-order valence-corrected chi connectivity index (χ1v) is 7.33. The monoisotopic (exact) mass is 316 g/mol. The van der Waals surface area contributed by atoms with Gasteiger partial charge in [0.25, 0.3) is 5.91 Å². The summed E-state index contributed by atoms with van der Waals surface area (Å²) in [4.78, 5) is 25.8. The van der Waals surface area contributed by atoms with E-state index in [2.05, 4.69) is 5.32 Å². The number of hydrogen-bond donors (Lipinski definition) is 1. The SMILES string of the molecule is COCCN(Cc1ccccc1)C(=O)CNC(=O)c1ccco1. The molecule has 2 amide bonds. The molecule has 0 saturated heterocycles. The third-order valence-corrected chi connectivity index (χ3v) is 3.28. The van der Waals surface area contributed by atoms with Crippen LogP contribution in [0.1, 0.15) is 16.1 Å². The van der Waals surface area contributed by atoms with Crippen molar-refractivity contribution in [3.63, 3.8) is 0 Å². The van der Waals surface area contributed by atoms with Gasteiger partial charge >= 0.3 is 0 Å². The molecule has 0 radical (unpaired) electrons. The highest BCUT2D eigenvalue weighted by atomic mass is 16.5. The number of nitrogens with zero attached hydrogens (tertiary/aromatic N) is 1. The highest BCUT2D eigenvalue weighted by molar-refractivity contribution is 5.94. The second kappa shape index (κ2) is 8.75. The highest BCUT2D eigenvalue weighted by Crippen LogP contribution is 2.05. The maximum atomic E-state index is 12.4. The van der Waals surface area contributed by atoms with Gasteiger partial charge in [0.15, 0.2) is 5.76 Å². The first kappa shape index (κ1) is 16.8. The van der Waals surface area contributed by atoms with Crippen molar-refractivity contribution < 1.29 is 18.7 Å². The number of methoxy groups -OCH3 is 1. The molecule has 122 valence electrons. The van der Waals surface area contributed by atoms with Crippen LogP contribution in [-0.2, 0) is 16.1 Å². The summed E-state index contributed by atoms with van der Waals surface area (Å²) in [7, 11) is 1.59. The van der Waals surface area contributed by atoms with Gasteiger partial charge < -0.3 is 19.4 Å². The van der Waals surface area contributed by atoms with E-state index in [4.69, 9.17) is 9.15 Å². The predicted molar refractivity (Wildman–Crippen MR) is 84.8 cm³/mol. The number of ether oxygens (including phenoxy) is 1. The van der Waals surface area contributed by atoms with Gasteiger partial charge in [-0.25, -0.2) is 0 Å². The molecule has 0 atom stereocenters. The fourth-order valence-corrected chi connectivity index (χ4v) is 2.06. The van der Waals surface area contributed by atoms with Gasteiger partial charge in [0.2, 0.25) is 5.91 Å². The molecule has 6 heteroatoms. The Balaban J connectivity index is 1.92. The van der Waals surface area contributed by atoms with Crippen molar-refractivity contribution >= 4 is 11.8 Å². The topological polar surface area (TPSA) is 71.8 Å². The van der Waals surface area contributed by atoms with E-state index in [0.717, 1.165) is 5.56 Å². The Morgan fingerprint density at radius 1 is 1.17 bits per heavy atom. The minimum Gasteiger partial charge on any atom is -0.459 e. The smallest absolute Gasteiger partial charge is 0.287 e. The van der Waals surface area contributed by atoms with Crippen molar-refractivity contribution in [1.29, 1.82) is 0 Å². The fourth-order valence-electron chi connectivity index (χ4n) is 2.06. The van der Waals surface area contributed by atoms with Crippen molar-refractivity contribution in [2.24, 2.45) is 0 Å². The van der Waals surface area contributed by atoms with E-state index in [0.29, 0.717) is 19.7 Å². The number of nitrogens with one attached hydrogen (secondary N) is 1. The lowest BCUT2D eigenvalue weighted by Crippen LogP contribution is -2.41. The molecular weight excluding hydrogens is 296 g/mol. The summed E-state index contributed by atoms with van der Waals surface area (Å²) in [6, 6.07) is 12.8. The standard InChI is InChI=1S/C17H20N2O4/c1-22-11-9-19(13-14-6-3-2-4-7-14)16(20)12-18-17(21)15-8-5-10-23-15/h2-8,10H,9,11-13H2,1H3,(H,18,21). The number of furan rings is 1. The Morgan fingerprint density at radius 2 is 1.96 bits per heavy atom. The van der Waals surface area contributed by atoms with E-state index in [1.165, 1.54) is 6.26 Å². The summed E-state index contributed by atoms with van der Waals surface area (Å²) in [5, 5.41) is 2.56. The fraction of sp³-hybridized carbons (Fsp3) is 0.294. The average Bonchev–Trinajstić information content (AvgIpc) is 3.11. The Labute approximate surface area is 135 Å². The third-order valence-electron chi connectivity index (χ3n) is 3.28. The summed E-state index contributed by atoms with van der Waals surface area (Å²) in [5.41, 5.74) is 1.02. The van der Waals surface area contributed by atoms with Crippen LogP contribution >= 0.6 is 0 Å². The zero-order chi connectivity index (χ0) is 16.5. The maximum Gasteiger partial charge on any atom is 0.287 e. The van der Waals surface area contributed by atoms with E-state index in [1.807, 2.05) is 30.3 Å². The van der Waals surface area contributed by atoms with Crippen LogP contribution in [0.3, 0.4) is 0 Å². The number of carbonyl (C=O) groups is 2. The minimum absolute atomic E-state index is 0.0872. The number of benzene rings is 1. The molecule has 0 aliphatic carbocycles. The molecule has 0 saturated carbocycles. The van der Waals surface area contributed by atoms with Crippen molar-refractivity contribution in [2.75, 3.05) is 26.8 Å². The first-order valence-electron chi connectivity index (χ1n) is 7.33. The van der Waals surface area contributed by atoms with E-state index >= 15 is 0 Å². The molecule has 0 fully saturated rings. The molecule has 1 aromatic heterocycles. The lowest BCUT2D eigenvalue weighted by Gasteiger charge is -2.22. The molecule has 0 bridgehead atoms. The normalized spacial score (nSPS) is 10.3. The zero-order valence-corrected chi connectivity index (χ0v) is 13.0. The van der Waals surface area contributed by atoms with Gasteiger partial charge in [-0.1, -0.05) is 30.3 Å². The van der Waals surface area contributed by atoms with Gasteiger partial charge in [-0.2, -0.15) is 0 Å². The van der Waals surface area contributed by atoms with Gasteiger partial charge in [-0.15, -0.1) is 0 Å². The number of rotatable bonds is 8. The van der Waals surface area contributed by atoms with Crippen LogP contribution in [0.2, 0.25) is 0 Å². The summed E-state index contributed by atoms with van der Waals surface area (Å²) in [6.07, 6.45) is 1.41. The van der Waals surface area contributed by atoms with Crippen molar-refractivity contribution in [1.82, 2.24) is 10.2 Å². The lowest BCUT2D eigenvalue weighted by molar-refractivity contribution is -0.131. The predicted octanol–water partition coefficient (Wildman–Crippen LogP) is 1.68. The van der Waals surface area contributed by atoms with Crippen LogP contribution in [0.4, 0.5) is 0 Å². The molecule has 0 aliphatic heterocycles. The third kappa shape index (κ3) is 5.27. The van der Waals surface area contributed by atoms with Crippen molar-refractivity contribution in [3.8, 4) is 0 Å². The summed E-state index contributed by atoms with van der Waals surface area (Å²) in [5.74, 6) is -0.398.